The lowest BCUT2D eigenvalue weighted by Gasteiger charge is -2.12. The fourth-order valence-corrected chi connectivity index (χ4v) is 5.37. The predicted molar refractivity (Wildman–Crippen MR) is 174 cm³/mol. The van der Waals surface area contributed by atoms with Crippen molar-refractivity contribution in [3.63, 3.8) is 0 Å². The number of carbonyl (C=O) groups is 1. The van der Waals surface area contributed by atoms with Crippen LogP contribution in [0.1, 0.15) is 28.0 Å². The zero-order valence-electron chi connectivity index (χ0n) is 23.8. The van der Waals surface area contributed by atoms with E-state index in [4.69, 9.17) is 13.9 Å². The number of thioether (sulfide) groups is 1. The van der Waals surface area contributed by atoms with E-state index in [1.165, 1.54) is 11.8 Å². The van der Waals surface area contributed by atoms with Gasteiger partial charge in [-0.3, -0.25) is 9.69 Å². The molecule has 1 aliphatic heterocycles. The maximum absolute atomic E-state index is 13.5. The van der Waals surface area contributed by atoms with Crippen molar-refractivity contribution in [1.29, 1.82) is 0 Å². The van der Waals surface area contributed by atoms with Crippen LogP contribution in [-0.2, 0) is 24.6 Å². The van der Waals surface area contributed by atoms with E-state index in [1.807, 2.05) is 121 Å². The van der Waals surface area contributed by atoms with E-state index >= 15 is 0 Å². The Bertz CT molecular complexity index is 1780. The lowest BCUT2D eigenvalue weighted by atomic mass is 10.2. The molecule has 0 bridgehead atoms. The first-order valence-electron chi connectivity index (χ1n) is 14.1. The van der Waals surface area contributed by atoms with Gasteiger partial charge in [0.05, 0.1) is 23.9 Å². The SMILES string of the molecule is O=C1/C(=C/c2cccc(OCc3ccccc3)c2)S/C(=N/N=C\c2cccc(OCc3ccccc3)c2)N1Cc1ccco1. The highest BCUT2D eigenvalue weighted by atomic mass is 32.2. The summed E-state index contributed by atoms with van der Waals surface area (Å²) in [5.41, 5.74) is 3.85. The van der Waals surface area contributed by atoms with Crippen LogP contribution in [0.2, 0.25) is 0 Å². The van der Waals surface area contributed by atoms with Crippen molar-refractivity contribution in [3.8, 4) is 11.5 Å². The predicted octanol–water partition coefficient (Wildman–Crippen LogP) is 7.94. The Kier molecular flexibility index (Phi) is 9.30. The van der Waals surface area contributed by atoms with Crippen LogP contribution in [0.5, 0.6) is 11.5 Å². The van der Waals surface area contributed by atoms with Crippen LogP contribution in [-0.4, -0.2) is 22.2 Å². The fourth-order valence-electron chi connectivity index (χ4n) is 4.44. The summed E-state index contributed by atoms with van der Waals surface area (Å²) in [6.07, 6.45) is 5.08. The summed E-state index contributed by atoms with van der Waals surface area (Å²) < 4.78 is 17.4. The molecule has 0 saturated carbocycles. The molecule has 0 atom stereocenters. The van der Waals surface area contributed by atoms with Crippen molar-refractivity contribution in [2.24, 2.45) is 10.2 Å². The first-order valence-corrected chi connectivity index (χ1v) is 14.9. The molecule has 4 aromatic carbocycles. The van der Waals surface area contributed by atoms with E-state index in [-0.39, 0.29) is 12.5 Å². The molecule has 8 heteroatoms. The molecule has 0 unspecified atom stereocenters. The summed E-state index contributed by atoms with van der Waals surface area (Å²) >= 11 is 1.27. The van der Waals surface area contributed by atoms with Crippen molar-refractivity contribution < 1.29 is 18.7 Å². The van der Waals surface area contributed by atoms with Crippen molar-refractivity contribution in [3.05, 3.63) is 161 Å². The van der Waals surface area contributed by atoms with Gasteiger partial charge in [-0.15, -0.1) is 5.10 Å². The van der Waals surface area contributed by atoms with Crippen LogP contribution in [0, 0.1) is 0 Å². The van der Waals surface area contributed by atoms with E-state index in [0.29, 0.717) is 29.0 Å². The average Bonchev–Trinajstić information content (AvgIpc) is 3.69. The third-order valence-electron chi connectivity index (χ3n) is 6.64. The van der Waals surface area contributed by atoms with Gasteiger partial charge in [0.2, 0.25) is 0 Å². The molecule has 0 aliphatic carbocycles. The molecule has 0 N–H and O–H groups in total. The van der Waals surface area contributed by atoms with Gasteiger partial charge in [0.15, 0.2) is 5.17 Å². The molecule has 0 spiro atoms. The summed E-state index contributed by atoms with van der Waals surface area (Å²) in [5, 5.41) is 9.21. The first-order chi connectivity index (χ1) is 21.7. The molecule has 1 aromatic heterocycles. The lowest BCUT2D eigenvalue weighted by Crippen LogP contribution is -2.28. The smallest absolute Gasteiger partial charge is 0.267 e. The lowest BCUT2D eigenvalue weighted by molar-refractivity contribution is -0.122. The number of benzene rings is 4. The summed E-state index contributed by atoms with van der Waals surface area (Å²) in [4.78, 5) is 15.6. The number of amidine groups is 1. The Hall–Kier alpha value is -5.34. The van der Waals surface area contributed by atoms with Crippen molar-refractivity contribution in [1.82, 2.24) is 4.90 Å². The fraction of sp³-hybridized carbons (Fsp3) is 0.0833. The van der Waals surface area contributed by atoms with Gasteiger partial charge in [0.1, 0.15) is 30.5 Å². The number of amides is 1. The average molecular weight is 600 g/mol. The third kappa shape index (κ3) is 7.73. The standard InChI is InChI=1S/C36H29N3O4S/c40-35-34(22-29-14-7-16-31(20-29)42-25-27-10-3-1-4-11-27)44-36(39(35)24-33-18-9-19-41-33)38-37-23-30-15-8-17-32(21-30)43-26-28-12-5-2-6-13-28/h1-23H,24-26H2/b34-22-,37-23-,38-36+. The summed E-state index contributed by atoms with van der Waals surface area (Å²) in [6.45, 7) is 1.18. The Labute approximate surface area is 260 Å². The minimum Gasteiger partial charge on any atom is -0.489 e. The Balaban J connectivity index is 1.17. The van der Waals surface area contributed by atoms with Crippen molar-refractivity contribution in [2.45, 2.75) is 19.8 Å². The molecule has 6 rings (SSSR count). The third-order valence-corrected chi connectivity index (χ3v) is 7.64. The maximum Gasteiger partial charge on any atom is 0.267 e. The monoisotopic (exact) mass is 599 g/mol. The molecule has 218 valence electrons. The zero-order valence-corrected chi connectivity index (χ0v) is 24.6. The number of rotatable bonds is 11. The minimum absolute atomic E-state index is 0.174. The highest BCUT2D eigenvalue weighted by Gasteiger charge is 2.34. The molecule has 1 amide bonds. The van der Waals surface area contributed by atoms with Crippen molar-refractivity contribution in [2.75, 3.05) is 0 Å². The van der Waals surface area contributed by atoms with Gasteiger partial charge in [-0.1, -0.05) is 84.9 Å². The quantitative estimate of drug-likeness (QED) is 0.0875. The number of hydrogen-bond acceptors (Lipinski definition) is 7. The molecule has 1 fully saturated rings. The molecule has 44 heavy (non-hydrogen) atoms. The van der Waals surface area contributed by atoms with Crippen LogP contribution in [0.25, 0.3) is 6.08 Å². The van der Waals surface area contributed by atoms with Crippen LogP contribution < -0.4 is 9.47 Å². The van der Waals surface area contributed by atoms with E-state index in [2.05, 4.69) is 10.2 Å². The second-order valence-electron chi connectivity index (χ2n) is 9.90. The number of furan rings is 1. The van der Waals surface area contributed by atoms with E-state index in [0.717, 1.165) is 33.8 Å². The topological polar surface area (TPSA) is 76.6 Å². The van der Waals surface area contributed by atoms with E-state index in [9.17, 15) is 4.79 Å². The van der Waals surface area contributed by atoms with E-state index < -0.39 is 0 Å². The van der Waals surface area contributed by atoms with Gasteiger partial charge in [-0.05, 0) is 76.5 Å². The number of hydrogen-bond donors (Lipinski definition) is 0. The van der Waals surface area contributed by atoms with Gasteiger partial charge >= 0.3 is 0 Å². The summed E-state index contributed by atoms with van der Waals surface area (Å²) in [5.74, 6) is 1.93. The molecular weight excluding hydrogens is 570 g/mol. The molecular formula is C36H29N3O4S. The Morgan fingerprint density at radius 1 is 0.727 bits per heavy atom. The summed E-state index contributed by atoms with van der Waals surface area (Å²) in [7, 11) is 0. The van der Waals surface area contributed by atoms with Gasteiger partial charge in [0, 0.05) is 0 Å². The van der Waals surface area contributed by atoms with Crippen LogP contribution >= 0.6 is 11.8 Å². The molecule has 0 radical (unpaired) electrons. The van der Waals surface area contributed by atoms with Gasteiger partial charge in [-0.25, -0.2) is 0 Å². The Morgan fingerprint density at radius 2 is 1.36 bits per heavy atom. The van der Waals surface area contributed by atoms with Crippen LogP contribution in [0.3, 0.4) is 0 Å². The molecule has 2 heterocycles. The normalized spacial score (nSPS) is 15.0. The number of nitrogens with zero attached hydrogens (tertiary/aromatic N) is 3. The Morgan fingerprint density at radius 3 is 2.00 bits per heavy atom. The second-order valence-corrected chi connectivity index (χ2v) is 10.9. The highest BCUT2D eigenvalue weighted by molar-refractivity contribution is 8.18. The van der Waals surface area contributed by atoms with Gasteiger partial charge in [-0.2, -0.15) is 5.10 Å². The number of ether oxygens (including phenoxy) is 2. The zero-order chi connectivity index (χ0) is 30.0. The van der Waals surface area contributed by atoms with Crippen LogP contribution in [0.4, 0.5) is 0 Å². The van der Waals surface area contributed by atoms with E-state index in [1.54, 1.807) is 23.4 Å². The minimum atomic E-state index is -0.174. The van der Waals surface area contributed by atoms with Crippen LogP contribution in [0.15, 0.2) is 147 Å². The van der Waals surface area contributed by atoms with Gasteiger partial charge in [0.25, 0.3) is 5.91 Å². The molecule has 1 saturated heterocycles. The number of carbonyl (C=O) groups excluding carboxylic acids is 1. The summed E-state index contributed by atoms with van der Waals surface area (Å²) in [6, 6.07) is 38.9. The maximum atomic E-state index is 13.5. The van der Waals surface area contributed by atoms with Crippen molar-refractivity contribution >= 4 is 35.1 Å². The first kappa shape index (κ1) is 28.8. The molecule has 7 nitrogen and oxygen atoms in total. The second kappa shape index (κ2) is 14.2. The molecule has 5 aromatic rings. The highest BCUT2D eigenvalue weighted by Crippen LogP contribution is 2.34. The van der Waals surface area contributed by atoms with Gasteiger partial charge < -0.3 is 13.9 Å². The largest absolute Gasteiger partial charge is 0.489 e. The molecule has 1 aliphatic rings.